The first kappa shape index (κ1) is 15.8. The lowest BCUT2D eigenvalue weighted by atomic mass is 10.1. The molecule has 2 N–H and O–H groups in total. The van der Waals surface area contributed by atoms with Crippen molar-refractivity contribution in [1.29, 1.82) is 0 Å². The molecule has 0 heterocycles. The summed E-state index contributed by atoms with van der Waals surface area (Å²) in [4.78, 5) is 0. The van der Waals surface area contributed by atoms with Crippen LogP contribution in [0, 0.1) is 0 Å². The average Bonchev–Trinajstić information content (AvgIpc) is 2.28. The highest BCUT2D eigenvalue weighted by atomic mass is 32.1. The van der Waals surface area contributed by atoms with Gasteiger partial charge in [-0.1, -0.05) is 25.5 Å². The molecule has 1 unspecified atom stereocenters. The molecule has 0 aliphatic rings. The smallest absolute Gasteiger partial charge is 0.360 e. The quantitative estimate of drug-likeness (QED) is 0.813. The van der Waals surface area contributed by atoms with Gasteiger partial charge in [0.05, 0.1) is 11.3 Å². The van der Waals surface area contributed by atoms with Gasteiger partial charge in [-0.25, -0.2) is 0 Å². The van der Waals surface area contributed by atoms with Crippen LogP contribution in [0.3, 0.4) is 0 Å². The normalized spacial score (nSPS) is 12.9. The van der Waals surface area contributed by atoms with E-state index < -0.39 is 11.7 Å². The van der Waals surface area contributed by atoms with Crippen LogP contribution in [0.1, 0.15) is 32.3 Å². The Labute approximate surface area is 116 Å². The lowest BCUT2D eigenvalue weighted by Gasteiger charge is -2.18. The van der Waals surface area contributed by atoms with E-state index in [1.807, 2.05) is 13.8 Å². The Hall–Kier alpha value is -1.30. The minimum Gasteiger partial charge on any atom is -0.360 e. The Morgan fingerprint density at radius 1 is 1.32 bits per heavy atom. The number of anilines is 1. The monoisotopic (exact) mass is 290 g/mol. The van der Waals surface area contributed by atoms with Gasteiger partial charge in [0.1, 0.15) is 0 Å². The molecule has 106 valence electrons. The van der Waals surface area contributed by atoms with E-state index >= 15 is 0 Å². The molecule has 0 bridgehead atoms. The Morgan fingerprint density at radius 3 is 2.53 bits per heavy atom. The topological polar surface area (TPSA) is 24.1 Å². The van der Waals surface area contributed by atoms with Gasteiger partial charge >= 0.3 is 6.18 Å². The Bertz CT molecular complexity index is 432. The van der Waals surface area contributed by atoms with Crippen molar-refractivity contribution in [3.05, 3.63) is 29.8 Å². The number of alkyl halides is 3. The molecule has 1 aromatic carbocycles. The van der Waals surface area contributed by atoms with Gasteiger partial charge in [-0.15, -0.1) is 0 Å². The van der Waals surface area contributed by atoms with E-state index in [-0.39, 0.29) is 16.8 Å². The fourth-order valence-corrected chi connectivity index (χ4v) is 2.04. The van der Waals surface area contributed by atoms with Crippen LogP contribution in [0.5, 0.6) is 0 Å². The van der Waals surface area contributed by atoms with Crippen LogP contribution in [0.4, 0.5) is 18.9 Å². The third-order valence-corrected chi connectivity index (χ3v) is 2.80. The molecule has 0 saturated heterocycles. The minimum absolute atomic E-state index is 0.0313. The molecule has 2 nitrogen and oxygen atoms in total. The molecule has 0 aliphatic carbocycles. The zero-order valence-electron chi connectivity index (χ0n) is 10.8. The highest BCUT2D eigenvalue weighted by Gasteiger charge is 2.33. The molecule has 0 aliphatic heterocycles. The van der Waals surface area contributed by atoms with Gasteiger partial charge in [-0.3, -0.25) is 0 Å². The van der Waals surface area contributed by atoms with E-state index in [9.17, 15) is 13.2 Å². The number of halogens is 3. The third-order valence-electron chi connectivity index (χ3n) is 2.58. The number of nitrogens with one attached hydrogen (secondary N) is 2. The van der Waals surface area contributed by atoms with Crippen molar-refractivity contribution in [2.75, 3.05) is 5.32 Å². The lowest BCUT2D eigenvalue weighted by Crippen LogP contribution is -2.36. The number of hydrogen-bond acceptors (Lipinski definition) is 1. The first-order valence-corrected chi connectivity index (χ1v) is 6.49. The standard InChI is InChI=1S/C13H17F3N2S/c1-3-6-9(2)17-12(19)18-11-8-5-4-7-10(11)13(14,15)16/h4-5,7-9H,3,6H2,1-2H3,(H2,17,18,19). The molecule has 0 saturated carbocycles. The van der Waals surface area contributed by atoms with E-state index in [0.29, 0.717) is 0 Å². The number of thiocarbonyl (C=S) groups is 1. The summed E-state index contributed by atoms with van der Waals surface area (Å²) in [5.74, 6) is 0. The molecule has 1 atom stereocenters. The molecule has 0 fully saturated rings. The van der Waals surface area contributed by atoms with Gasteiger partial charge in [-0.05, 0) is 37.7 Å². The maximum atomic E-state index is 12.8. The number of para-hydroxylation sites is 1. The van der Waals surface area contributed by atoms with E-state index in [4.69, 9.17) is 12.2 Å². The predicted octanol–water partition coefficient (Wildman–Crippen LogP) is 4.18. The summed E-state index contributed by atoms with van der Waals surface area (Å²) in [6, 6.07) is 5.41. The van der Waals surface area contributed by atoms with Gasteiger partial charge in [0, 0.05) is 6.04 Å². The van der Waals surface area contributed by atoms with Crippen LogP contribution in [-0.2, 0) is 6.18 Å². The third kappa shape index (κ3) is 5.06. The van der Waals surface area contributed by atoms with Crippen molar-refractivity contribution in [3.63, 3.8) is 0 Å². The first-order chi connectivity index (χ1) is 8.84. The number of benzene rings is 1. The summed E-state index contributed by atoms with van der Waals surface area (Å²) in [7, 11) is 0. The van der Waals surface area contributed by atoms with Crippen LogP contribution in [-0.4, -0.2) is 11.2 Å². The van der Waals surface area contributed by atoms with E-state index in [0.717, 1.165) is 18.9 Å². The Kier molecular flexibility index (Phi) is 5.60. The van der Waals surface area contributed by atoms with Gasteiger partial charge in [0.25, 0.3) is 0 Å². The lowest BCUT2D eigenvalue weighted by molar-refractivity contribution is -0.136. The van der Waals surface area contributed by atoms with Crippen molar-refractivity contribution in [2.24, 2.45) is 0 Å². The summed E-state index contributed by atoms with van der Waals surface area (Å²) in [5, 5.41) is 5.77. The molecule has 19 heavy (non-hydrogen) atoms. The van der Waals surface area contributed by atoms with Crippen LogP contribution in [0.25, 0.3) is 0 Å². The second-order valence-corrected chi connectivity index (χ2v) is 4.74. The predicted molar refractivity (Wildman–Crippen MR) is 75.2 cm³/mol. The molecule has 1 rings (SSSR count). The van der Waals surface area contributed by atoms with Crippen LogP contribution in [0.15, 0.2) is 24.3 Å². The fraction of sp³-hybridized carbons (Fsp3) is 0.462. The molecule has 1 aromatic rings. The molecular formula is C13H17F3N2S. The number of hydrogen-bond donors (Lipinski definition) is 2. The van der Waals surface area contributed by atoms with E-state index in [1.54, 1.807) is 0 Å². The zero-order valence-corrected chi connectivity index (χ0v) is 11.7. The largest absolute Gasteiger partial charge is 0.418 e. The SMILES string of the molecule is CCCC(C)NC(=S)Nc1ccccc1C(F)(F)F. The van der Waals surface area contributed by atoms with Crippen LogP contribution in [0.2, 0.25) is 0 Å². The average molecular weight is 290 g/mol. The molecule has 0 spiro atoms. The fourth-order valence-electron chi connectivity index (χ4n) is 1.73. The van der Waals surface area contributed by atoms with Crippen molar-refractivity contribution < 1.29 is 13.2 Å². The van der Waals surface area contributed by atoms with Crippen molar-refractivity contribution in [2.45, 2.75) is 38.9 Å². The van der Waals surface area contributed by atoms with Crippen molar-refractivity contribution >= 4 is 23.0 Å². The van der Waals surface area contributed by atoms with Crippen molar-refractivity contribution in [1.82, 2.24) is 5.32 Å². The van der Waals surface area contributed by atoms with E-state index in [1.165, 1.54) is 18.2 Å². The molecule has 6 heteroatoms. The van der Waals surface area contributed by atoms with Crippen LogP contribution < -0.4 is 10.6 Å². The minimum atomic E-state index is -4.39. The number of rotatable bonds is 4. The van der Waals surface area contributed by atoms with Crippen LogP contribution >= 0.6 is 12.2 Å². The maximum Gasteiger partial charge on any atom is 0.418 e. The maximum absolute atomic E-state index is 12.8. The highest BCUT2D eigenvalue weighted by Crippen LogP contribution is 2.34. The van der Waals surface area contributed by atoms with Gasteiger partial charge in [0.15, 0.2) is 5.11 Å². The Morgan fingerprint density at radius 2 is 1.95 bits per heavy atom. The molecule has 0 amide bonds. The van der Waals surface area contributed by atoms with E-state index in [2.05, 4.69) is 10.6 Å². The summed E-state index contributed by atoms with van der Waals surface area (Å²) >= 11 is 5.02. The summed E-state index contributed by atoms with van der Waals surface area (Å²) < 4.78 is 38.3. The summed E-state index contributed by atoms with van der Waals surface area (Å²) in [6.45, 7) is 3.97. The van der Waals surface area contributed by atoms with Gasteiger partial charge in [-0.2, -0.15) is 13.2 Å². The summed E-state index contributed by atoms with van der Waals surface area (Å²) in [5.41, 5.74) is -0.751. The van der Waals surface area contributed by atoms with Gasteiger partial charge in [0.2, 0.25) is 0 Å². The second kappa shape index (κ2) is 6.75. The highest BCUT2D eigenvalue weighted by molar-refractivity contribution is 7.80. The Balaban J connectivity index is 2.75. The zero-order chi connectivity index (χ0) is 14.5. The molecule has 0 aromatic heterocycles. The summed E-state index contributed by atoms with van der Waals surface area (Å²) in [6.07, 6.45) is -2.51. The van der Waals surface area contributed by atoms with Gasteiger partial charge < -0.3 is 10.6 Å². The molecule has 0 radical (unpaired) electrons. The molecular weight excluding hydrogens is 273 g/mol. The second-order valence-electron chi connectivity index (χ2n) is 4.33. The van der Waals surface area contributed by atoms with Crippen molar-refractivity contribution in [3.8, 4) is 0 Å². The first-order valence-electron chi connectivity index (χ1n) is 6.08.